The van der Waals surface area contributed by atoms with Crippen molar-refractivity contribution in [2.24, 2.45) is 13.0 Å². The number of hydrogen-bond donors (Lipinski definition) is 1. The van der Waals surface area contributed by atoms with Gasteiger partial charge in [-0.2, -0.15) is 4.31 Å². The van der Waals surface area contributed by atoms with E-state index in [0.717, 1.165) is 22.4 Å². The van der Waals surface area contributed by atoms with Crippen LogP contribution in [-0.2, 0) is 17.1 Å². The molecule has 1 fully saturated rings. The maximum atomic E-state index is 13.5. The third-order valence-corrected chi connectivity index (χ3v) is 8.50. The van der Waals surface area contributed by atoms with Crippen LogP contribution in [0.25, 0.3) is 11.1 Å². The van der Waals surface area contributed by atoms with Gasteiger partial charge in [0.2, 0.25) is 0 Å². The summed E-state index contributed by atoms with van der Waals surface area (Å²) in [4.78, 5) is 6.13. The van der Waals surface area contributed by atoms with Gasteiger partial charge in [-0.3, -0.25) is 0 Å². The number of halogens is 1. The number of aliphatic hydroxyl groups excluding tert-OH is 1. The number of benzene rings is 2. The molecule has 0 bridgehead atoms. The zero-order valence-electron chi connectivity index (χ0n) is 17.9. The second-order valence-corrected chi connectivity index (χ2v) is 10.4. The van der Waals surface area contributed by atoms with Crippen molar-refractivity contribution in [3.63, 3.8) is 0 Å². The number of imidazole rings is 1. The van der Waals surface area contributed by atoms with Gasteiger partial charge in [0.05, 0.1) is 25.0 Å². The van der Waals surface area contributed by atoms with Crippen molar-refractivity contribution in [3.05, 3.63) is 66.4 Å². The molecule has 1 aromatic heterocycles. The van der Waals surface area contributed by atoms with Crippen molar-refractivity contribution in [1.82, 2.24) is 13.9 Å². The molecule has 3 heterocycles. The third-order valence-electron chi connectivity index (χ3n) is 6.74. The van der Waals surface area contributed by atoms with Gasteiger partial charge >= 0.3 is 0 Å². The lowest BCUT2D eigenvalue weighted by Gasteiger charge is -2.44. The van der Waals surface area contributed by atoms with E-state index in [9.17, 15) is 17.9 Å². The van der Waals surface area contributed by atoms with Crippen LogP contribution in [0.1, 0.15) is 18.0 Å². The highest BCUT2D eigenvalue weighted by atomic mass is 32.2. The highest BCUT2D eigenvalue weighted by molar-refractivity contribution is 7.89. The summed E-state index contributed by atoms with van der Waals surface area (Å²) in [5.74, 6) is -0.361. The van der Waals surface area contributed by atoms with E-state index in [0.29, 0.717) is 13.0 Å². The molecule has 7 nitrogen and oxygen atoms in total. The minimum absolute atomic E-state index is 0.0244. The summed E-state index contributed by atoms with van der Waals surface area (Å²) in [6, 6.07) is 11.6. The summed E-state index contributed by atoms with van der Waals surface area (Å²) in [6.45, 7) is 0.299. The van der Waals surface area contributed by atoms with Crippen LogP contribution >= 0.6 is 0 Å². The van der Waals surface area contributed by atoms with Crippen molar-refractivity contribution in [2.45, 2.75) is 23.5 Å². The summed E-state index contributed by atoms with van der Waals surface area (Å²) in [6.07, 6.45) is 3.63. The fraction of sp³-hybridized carbons (Fsp3) is 0.348. The van der Waals surface area contributed by atoms with Gasteiger partial charge in [-0.1, -0.05) is 18.2 Å². The number of nitrogens with zero attached hydrogens (tertiary/aromatic N) is 4. The first-order chi connectivity index (χ1) is 15.3. The fourth-order valence-electron chi connectivity index (χ4n) is 5.15. The van der Waals surface area contributed by atoms with Crippen LogP contribution in [0, 0.1) is 11.7 Å². The quantitative estimate of drug-likeness (QED) is 0.653. The van der Waals surface area contributed by atoms with Gasteiger partial charge in [0.25, 0.3) is 10.0 Å². The lowest BCUT2D eigenvalue weighted by Crippen LogP contribution is -2.48. The van der Waals surface area contributed by atoms with Crippen molar-refractivity contribution >= 4 is 15.7 Å². The first kappa shape index (κ1) is 21.1. The Morgan fingerprint density at radius 2 is 1.84 bits per heavy atom. The summed E-state index contributed by atoms with van der Waals surface area (Å²) in [7, 11) is -0.141. The van der Waals surface area contributed by atoms with Crippen LogP contribution < -0.4 is 4.90 Å². The molecule has 0 radical (unpaired) electrons. The molecule has 3 aromatic rings. The summed E-state index contributed by atoms with van der Waals surface area (Å²) < 4.78 is 43.6. The van der Waals surface area contributed by atoms with Crippen LogP contribution in [0.3, 0.4) is 0 Å². The van der Waals surface area contributed by atoms with E-state index in [4.69, 9.17) is 0 Å². The Morgan fingerprint density at radius 1 is 1.12 bits per heavy atom. The largest absolute Gasteiger partial charge is 0.394 e. The van der Waals surface area contributed by atoms with Gasteiger partial charge < -0.3 is 14.6 Å². The van der Waals surface area contributed by atoms with Gasteiger partial charge in [0.15, 0.2) is 5.03 Å². The number of aliphatic hydroxyl groups is 1. The molecule has 168 valence electrons. The zero-order valence-corrected chi connectivity index (χ0v) is 18.7. The maximum Gasteiger partial charge on any atom is 0.262 e. The number of hydrogen-bond acceptors (Lipinski definition) is 5. The molecule has 0 amide bonds. The minimum Gasteiger partial charge on any atom is -0.394 e. The lowest BCUT2D eigenvalue weighted by atomic mass is 9.81. The molecule has 9 heteroatoms. The average molecular weight is 457 g/mol. The van der Waals surface area contributed by atoms with Crippen LogP contribution in [0.15, 0.2) is 60.0 Å². The molecule has 32 heavy (non-hydrogen) atoms. The van der Waals surface area contributed by atoms with Crippen molar-refractivity contribution in [2.75, 3.05) is 25.1 Å². The first-order valence-corrected chi connectivity index (χ1v) is 12.0. The molecule has 2 aliphatic heterocycles. The van der Waals surface area contributed by atoms with Gasteiger partial charge in [0, 0.05) is 38.4 Å². The van der Waals surface area contributed by atoms with Crippen molar-refractivity contribution < 1.29 is 17.9 Å². The van der Waals surface area contributed by atoms with E-state index >= 15 is 0 Å². The second kappa shape index (κ2) is 7.68. The Morgan fingerprint density at radius 3 is 2.50 bits per heavy atom. The number of likely N-dealkylation sites (N-methyl/N-ethyl adjacent to an activating group) is 1. The molecular formula is C23H25FN4O3S. The SMILES string of the molecule is CN1c2ccc(-c3ccc(F)cc3)cc2[C@@H]2[C@@H](CCN2S(=O)(=O)c2cn(C)cn2)[C@@H]1CO. The first-order valence-electron chi connectivity index (χ1n) is 10.5. The molecule has 0 spiro atoms. The van der Waals surface area contributed by atoms with Crippen LogP contribution in [0.5, 0.6) is 0 Å². The van der Waals surface area contributed by atoms with E-state index in [2.05, 4.69) is 4.98 Å². The summed E-state index contributed by atoms with van der Waals surface area (Å²) in [5, 5.41) is 10.2. The maximum absolute atomic E-state index is 13.5. The number of fused-ring (bicyclic) bond motifs is 3. The number of aromatic nitrogens is 2. The highest BCUT2D eigenvalue weighted by Gasteiger charge is 2.50. The Balaban J connectivity index is 1.64. The molecule has 1 saturated heterocycles. The predicted molar refractivity (Wildman–Crippen MR) is 119 cm³/mol. The predicted octanol–water partition coefficient (Wildman–Crippen LogP) is 2.79. The Hall–Kier alpha value is -2.75. The van der Waals surface area contributed by atoms with Gasteiger partial charge in [0.1, 0.15) is 5.82 Å². The molecule has 0 saturated carbocycles. The Bertz CT molecular complexity index is 1260. The topological polar surface area (TPSA) is 78.7 Å². The van der Waals surface area contributed by atoms with Crippen LogP contribution in [0.2, 0.25) is 0 Å². The minimum atomic E-state index is -3.81. The Labute approximate surface area is 186 Å². The fourth-order valence-corrected chi connectivity index (χ4v) is 6.78. The standard InChI is InChI=1S/C23H25FN4O3S/c1-26-12-22(25-14-26)32(30,31)28-10-9-18-21(13-29)27(2)20-8-5-16(11-19(20)23(18)28)15-3-6-17(24)7-4-15/h3-8,11-12,14,18,21,23,29H,9-10,13H2,1-2H3/t18-,21-,23-/m0/s1. The van der Waals surface area contributed by atoms with Gasteiger partial charge in [-0.15, -0.1) is 0 Å². The molecule has 0 aliphatic carbocycles. The van der Waals surface area contributed by atoms with E-state index in [1.54, 1.807) is 23.7 Å². The van der Waals surface area contributed by atoms with E-state index in [1.807, 2.05) is 30.1 Å². The molecule has 5 rings (SSSR count). The second-order valence-electron chi connectivity index (χ2n) is 8.53. The Kier molecular flexibility index (Phi) is 5.07. The van der Waals surface area contributed by atoms with Gasteiger partial charge in [-0.25, -0.2) is 17.8 Å². The van der Waals surface area contributed by atoms with E-state index < -0.39 is 16.1 Å². The molecule has 3 atom stereocenters. The van der Waals surface area contributed by atoms with Gasteiger partial charge in [-0.05, 0) is 47.4 Å². The van der Waals surface area contributed by atoms with Crippen LogP contribution in [0.4, 0.5) is 10.1 Å². The molecule has 2 aromatic carbocycles. The normalized spacial score (nSPS) is 23.2. The van der Waals surface area contributed by atoms with Crippen molar-refractivity contribution in [1.29, 1.82) is 0 Å². The average Bonchev–Trinajstić information content (AvgIpc) is 3.42. The van der Waals surface area contributed by atoms with Crippen LogP contribution in [-0.4, -0.2) is 53.6 Å². The number of aryl methyl sites for hydroxylation is 1. The molecule has 0 unspecified atom stereocenters. The summed E-state index contributed by atoms with van der Waals surface area (Å²) in [5.41, 5.74) is 3.52. The number of anilines is 1. The molecule has 2 aliphatic rings. The third kappa shape index (κ3) is 3.23. The lowest BCUT2D eigenvalue weighted by molar-refractivity contribution is 0.193. The number of sulfonamides is 1. The van der Waals surface area contributed by atoms with Crippen molar-refractivity contribution in [3.8, 4) is 11.1 Å². The van der Waals surface area contributed by atoms with E-state index in [1.165, 1.54) is 29.0 Å². The number of rotatable bonds is 4. The smallest absolute Gasteiger partial charge is 0.262 e. The highest BCUT2D eigenvalue weighted by Crippen LogP contribution is 2.50. The van der Waals surface area contributed by atoms with E-state index in [-0.39, 0.29) is 29.4 Å². The monoisotopic (exact) mass is 456 g/mol. The molecule has 1 N–H and O–H groups in total. The zero-order chi connectivity index (χ0) is 22.6. The summed E-state index contributed by atoms with van der Waals surface area (Å²) >= 11 is 0. The molecular weight excluding hydrogens is 431 g/mol.